The van der Waals surface area contributed by atoms with Crippen molar-refractivity contribution in [1.29, 1.82) is 0 Å². The minimum absolute atomic E-state index is 0. The molecule has 2 aliphatic heterocycles. The summed E-state index contributed by atoms with van der Waals surface area (Å²) in [7, 11) is 1.79. The minimum atomic E-state index is -1.78. The van der Waals surface area contributed by atoms with Crippen LogP contribution in [0.1, 0.15) is 49.8 Å². The molecule has 0 radical (unpaired) electrons. The maximum atomic E-state index is 15.3. The zero-order valence-electron chi connectivity index (χ0n) is 55.4. The van der Waals surface area contributed by atoms with E-state index in [0.717, 1.165) is 21.6 Å². The third-order valence-electron chi connectivity index (χ3n) is 16.6. The number of unbranched alkanes of at least 4 members (excludes halogenated alkanes) is 1. The summed E-state index contributed by atoms with van der Waals surface area (Å²) in [6.45, 7) is 0.0360. The third-order valence-corrected chi connectivity index (χ3v) is 19.0. The molecule has 554 valence electrons. The molecule has 1 aromatic heterocycles. The van der Waals surface area contributed by atoms with Crippen LogP contribution in [0.5, 0.6) is 5.75 Å². The molecule has 2 saturated heterocycles. The van der Waals surface area contributed by atoms with E-state index in [2.05, 4.69) is 47.5 Å². The van der Waals surface area contributed by atoms with Gasteiger partial charge in [-0.2, -0.15) is 0 Å². The molecule has 100 heavy (non-hydrogen) atoms. The van der Waals surface area contributed by atoms with Crippen molar-refractivity contribution in [1.82, 2.24) is 67.1 Å². The number of aliphatic hydroxyl groups excluding tert-OH is 3. The van der Waals surface area contributed by atoms with E-state index in [1.54, 1.807) is 65.7 Å². The fraction of sp³-hybridized carbons (Fsp3) is 0.523. The third kappa shape index (κ3) is 28.3. The quantitative estimate of drug-likeness (QED) is 0.0205. The van der Waals surface area contributed by atoms with Gasteiger partial charge >= 0.3 is 36.9 Å². The smallest absolute Gasteiger partial charge is 0.549 e. The number of phenols is 1. The van der Waals surface area contributed by atoms with Crippen LogP contribution in [0.25, 0.3) is 10.9 Å². The zero-order valence-corrected chi connectivity index (χ0v) is 58.6. The molecule has 8 amide bonds. The Morgan fingerprint density at radius 3 is 1.68 bits per heavy atom. The van der Waals surface area contributed by atoms with Crippen LogP contribution < -0.4 is 63.6 Å². The first-order chi connectivity index (χ1) is 47.3. The Morgan fingerprint density at radius 2 is 1.13 bits per heavy atom. The van der Waals surface area contributed by atoms with Crippen molar-refractivity contribution in [3.8, 4) is 5.75 Å². The molecule has 2 fully saturated rings. The van der Waals surface area contributed by atoms with Crippen LogP contribution >= 0.6 is 21.6 Å². The largest absolute Gasteiger partial charge is 3.00 e. The number of aromatic amines is 1. The topological polar surface area (TPSA) is 489 Å². The fourth-order valence-electron chi connectivity index (χ4n) is 11.0. The molecule has 0 saturated carbocycles. The molecule has 15 N–H and O–H groups in total. The first-order valence-corrected chi connectivity index (χ1v) is 35.0. The number of carbonyl (C=O) groups is 11. The Morgan fingerprint density at radius 1 is 0.610 bits per heavy atom. The van der Waals surface area contributed by atoms with Crippen LogP contribution in [-0.2, 0) is 72.0 Å². The van der Waals surface area contributed by atoms with E-state index in [9.17, 15) is 74.1 Å². The molecule has 0 bridgehead atoms. The van der Waals surface area contributed by atoms with E-state index in [0.29, 0.717) is 34.0 Å². The van der Waals surface area contributed by atoms with Crippen LogP contribution in [0.3, 0.4) is 0 Å². The first-order valence-electron chi connectivity index (χ1n) is 32.5. The first kappa shape index (κ1) is 83.4. The number of aliphatic hydroxyl groups is 3. The van der Waals surface area contributed by atoms with Crippen LogP contribution in [0.4, 0.5) is 0 Å². The molecule has 3 heterocycles. The molecule has 0 aliphatic carbocycles. The Kier molecular flexibility index (Phi) is 35.8. The van der Waals surface area contributed by atoms with Gasteiger partial charge in [-0.25, -0.2) is 0 Å². The Bertz CT molecular complexity index is 3330. The van der Waals surface area contributed by atoms with Crippen molar-refractivity contribution < 1.29 is 125 Å². The molecule has 3 aromatic carbocycles. The summed E-state index contributed by atoms with van der Waals surface area (Å²) in [5, 5.41) is 99.3. The minimum Gasteiger partial charge on any atom is -0.549 e. The standard InChI is InChI=1S/C65H92N14O18S2.Lu/c1-39(81)51(36-80)72-64(96)53-38-99-98-37-52(73-60(92)48(28-41-10-4-3-5-11-41)68-54(84)32-76-20-22-77(33-55(85)86)24-26-79(35-57(89)90)27-25-78(23-21-76)34-56(87)88)63(95)70-49(29-42-15-17-44(83)18-16-42)61(93)71-50(30-43-31-67-46-13-7-6-12-45(43)46)62(94)69-47(14-8-9-19-66)59(91)75-58(40(2)82)65(97)74-53;/h3-7,10-13,15-18,31,39-40,47-53,58,67,80-83H,8-9,14,19-30,32-38,66H2,1-2H3,(H,68,84)(H,69,94)(H,70,95)(H,71,93)(H,72,96)(H,73,92)(H,74,97)(H,75,91)(H,85,86)(H,87,88)(H,89,90);/q;+3/p-3. The summed E-state index contributed by atoms with van der Waals surface area (Å²) in [5.41, 5.74) is 8.01. The summed E-state index contributed by atoms with van der Waals surface area (Å²) in [5.74, 6) is -12.6. The van der Waals surface area contributed by atoms with Gasteiger partial charge in [0.1, 0.15) is 48.0 Å². The molecule has 0 spiro atoms. The van der Waals surface area contributed by atoms with Gasteiger partial charge in [-0.1, -0.05) is 82.3 Å². The normalized spacial score (nSPS) is 21.8. The molecule has 32 nitrogen and oxygen atoms in total. The summed E-state index contributed by atoms with van der Waals surface area (Å²) >= 11 is 0. The van der Waals surface area contributed by atoms with Gasteiger partial charge in [-0.3, -0.25) is 58.0 Å². The number of hydrogen-bond acceptors (Lipinski definition) is 25. The van der Waals surface area contributed by atoms with E-state index in [4.69, 9.17) is 5.73 Å². The number of nitrogens with one attached hydrogen (secondary N) is 9. The number of carboxylic acid groups (broad SMARTS) is 3. The summed E-state index contributed by atoms with van der Waals surface area (Å²) < 4.78 is 0. The number of aliphatic carboxylic acids is 3. The second kappa shape index (κ2) is 42.9. The van der Waals surface area contributed by atoms with Gasteiger partial charge in [0.15, 0.2) is 0 Å². The molecular formula is C65H89LuN14O18S2. The molecule has 6 rings (SSSR count). The number of carboxylic acids is 3. The number of H-pyrrole nitrogens is 1. The van der Waals surface area contributed by atoms with E-state index in [-0.39, 0.29) is 145 Å². The predicted molar refractivity (Wildman–Crippen MR) is 358 cm³/mol. The van der Waals surface area contributed by atoms with E-state index < -0.39 is 158 Å². The number of rotatable bonds is 26. The van der Waals surface area contributed by atoms with Crippen LogP contribution in [0.2, 0.25) is 0 Å². The Balaban J connectivity index is 0.0000180. The molecule has 10 atom stereocenters. The maximum Gasteiger partial charge on any atom is 3.00 e. The number of aromatic hydroxyl groups is 1. The second-order valence-electron chi connectivity index (χ2n) is 24.4. The van der Waals surface area contributed by atoms with Crippen molar-refractivity contribution in [2.75, 3.05) is 103 Å². The zero-order chi connectivity index (χ0) is 72.1. The number of carbonyl (C=O) groups excluding carboxylic acids is 11. The fourth-order valence-corrected chi connectivity index (χ4v) is 13.4. The number of para-hydroxylation sites is 1. The Labute approximate surface area is 615 Å². The van der Waals surface area contributed by atoms with Crippen molar-refractivity contribution >= 4 is 97.7 Å². The van der Waals surface area contributed by atoms with Gasteiger partial charge in [0.05, 0.1) is 49.3 Å². The van der Waals surface area contributed by atoms with Crippen molar-refractivity contribution in [2.24, 2.45) is 5.73 Å². The number of nitrogens with two attached hydrogens (primary N) is 1. The van der Waals surface area contributed by atoms with Gasteiger partial charge in [0.2, 0.25) is 47.3 Å². The molecule has 4 aromatic rings. The average molecular weight is 1590 g/mol. The van der Waals surface area contributed by atoms with Gasteiger partial charge in [-0.05, 0) is 74.5 Å². The molecule has 2 aliphatic rings. The number of benzene rings is 3. The molecular weight excluding hydrogens is 1500 g/mol. The van der Waals surface area contributed by atoms with Gasteiger partial charge in [0.25, 0.3) is 0 Å². The molecule has 10 unspecified atom stereocenters. The second-order valence-corrected chi connectivity index (χ2v) is 26.9. The van der Waals surface area contributed by atoms with Gasteiger partial charge in [0, 0.05) is 120 Å². The summed E-state index contributed by atoms with van der Waals surface area (Å²) in [4.78, 5) is 163. The van der Waals surface area contributed by atoms with E-state index in [1.165, 1.54) is 52.8 Å². The molecule has 35 heteroatoms. The monoisotopic (exact) mass is 1590 g/mol. The average Bonchev–Trinajstić information content (AvgIpc) is 1.58. The van der Waals surface area contributed by atoms with Crippen LogP contribution in [0.15, 0.2) is 85.1 Å². The van der Waals surface area contributed by atoms with E-state index >= 15 is 14.4 Å². The van der Waals surface area contributed by atoms with Gasteiger partial charge in [-0.15, -0.1) is 0 Å². The summed E-state index contributed by atoms with van der Waals surface area (Å²) in [6, 6.07) is 9.03. The predicted octanol–water partition coefficient (Wildman–Crippen LogP) is -7.47. The number of fused-ring (bicyclic) bond motifs is 1. The summed E-state index contributed by atoms with van der Waals surface area (Å²) in [6.07, 6.45) is -1.38. The maximum absolute atomic E-state index is 15.3. The Hall–Kier alpha value is -7.22. The van der Waals surface area contributed by atoms with Gasteiger partial charge < -0.3 is 103 Å². The number of amides is 8. The van der Waals surface area contributed by atoms with E-state index in [1.807, 2.05) is 0 Å². The SMILES string of the molecule is CC(O)C(CO)NC(=O)C1CSSCC(NC(=O)C(Cc2ccccc2)NC(=O)CN2CCN(CC(=O)[O-])CCN(CC(=O)[O-])CCN(CC(=O)[O-])CC2)C(=O)NC(Cc2ccc(O)cc2)C(=O)NC(Cc2c[nH]c3ccccc23)C(=O)NC(CCCCN)C(=O)NC(C(C)O)C(=O)N1.[Lu+3]. The van der Waals surface area contributed by atoms with Crippen molar-refractivity contribution in [3.63, 3.8) is 0 Å². The van der Waals surface area contributed by atoms with Crippen LogP contribution in [-0.4, -0.2) is 274 Å². The van der Waals surface area contributed by atoms with Crippen molar-refractivity contribution in [3.05, 3.63) is 102 Å². The number of hydrogen-bond donors (Lipinski definition) is 14. The van der Waals surface area contributed by atoms with Crippen molar-refractivity contribution in [2.45, 2.75) is 113 Å². The number of phenolic OH excluding ortho intramolecular Hbond substituents is 1. The number of aromatic nitrogens is 1. The number of nitrogens with zero attached hydrogens (tertiary/aromatic N) is 4. The van der Waals surface area contributed by atoms with Crippen LogP contribution in [0, 0.1) is 36.9 Å².